The molecule has 5 aromatic rings. The Morgan fingerprint density at radius 3 is 2.15 bits per heavy atom. The molecule has 2 aromatic carbocycles. The molecular formula is C27H24N4O3. The first-order chi connectivity index (χ1) is 16.4. The van der Waals surface area contributed by atoms with E-state index in [0.717, 1.165) is 44.4 Å². The van der Waals surface area contributed by atoms with E-state index in [-0.39, 0.29) is 17.3 Å². The predicted molar refractivity (Wildman–Crippen MR) is 132 cm³/mol. The van der Waals surface area contributed by atoms with Crippen LogP contribution in [0.15, 0.2) is 80.9 Å². The molecule has 0 bridgehead atoms. The van der Waals surface area contributed by atoms with Gasteiger partial charge in [-0.15, -0.1) is 0 Å². The van der Waals surface area contributed by atoms with Gasteiger partial charge >= 0.3 is 5.69 Å². The third-order valence-corrected chi connectivity index (χ3v) is 6.78. The van der Waals surface area contributed by atoms with Gasteiger partial charge in [0.05, 0.1) is 28.0 Å². The maximum atomic E-state index is 13.2. The van der Waals surface area contributed by atoms with Crippen LogP contribution < -0.4 is 16.1 Å². The summed E-state index contributed by atoms with van der Waals surface area (Å²) < 4.78 is 11.0. The molecule has 0 amide bonds. The van der Waals surface area contributed by atoms with Crippen molar-refractivity contribution < 1.29 is 4.42 Å². The van der Waals surface area contributed by atoms with E-state index in [2.05, 4.69) is 30.0 Å². The number of benzene rings is 2. The lowest BCUT2D eigenvalue weighted by molar-refractivity contribution is 0.457. The molecule has 7 nitrogen and oxygen atoms in total. The second-order valence-electron chi connectivity index (χ2n) is 8.85. The van der Waals surface area contributed by atoms with Crippen molar-refractivity contribution in [1.82, 2.24) is 13.7 Å². The van der Waals surface area contributed by atoms with Crippen molar-refractivity contribution in [2.75, 3.05) is 4.90 Å². The Kier molecular flexibility index (Phi) is 4.26. The first-order valence-electron chi connectivity index (χ1n) is 11.2. The second-order valence-corrected chi connectivity index (χ2v) is 8.85. The van der Waals surface area contributed by atoms with Gasteiger partial charge in [0.2, 0.25) is 0 Å². The van der Waals surface area contributed by atoms with Crippen LogP contribution in [0.4, 0.5) is 11.4 Å². The lowest BCUT2D eigenvalue weighted by Crippen LogP contribution is -2.37. The van der Waals surface area contributed by atoms with Crippen molar-refractivity contribution >= 4 is 22.3 Å². The molecule has 3 aromatic heterocycles. The van der Waals surface area contributed by atoms with Crippen LogP contribution in [0.1, 0.15) is 28.8 Å². The monoisotopic (exact) mass is 452 g/mol. The number of aromatic nitrogens is 3. The molecule has 170 valence electrons. The Labute approximate surface area is 195 Å². The maximum absolute atomic E-state index is 13.2. The highest BCUT2D eigenvalue weighted by Gasteiger charge is 2.39. The molecule has 0 saturated heterocycles. The molecule has 6 rings (SSSR count). The van der Waals surface area contributed by atoms with Crippen molar-refractivity contribution in [2.45, 2.75) is 19.9 Å². The van der Waals surface area contributed by atoms with Gasteiger partial charge in [0.15, 0.2) is 0 Å². The van der Waals surface area contributed by atoms with E-state index in [4.69, 9.17) is 4.42 Å². The Bertz CT molecular complexity index is 1720. The van der Waals surface area contributed by atoms with Crippen LogP contribution in [-0.2, 0) is 14.1 Å². The van der Waals surface area contributed by atoms with Crippen LogP contribution in [0.5, 0.6) is 0 Å². The smallest absolute Gasteiger partial charge is 0.331 e. The molecular weight excluding hydrogens is 428 g/mol. The number of fused-ring (bicyclic) bond motifs is 5. The van der Waals surface area contributed by atoms with Gasteiger partial charge in [0.1, 0.15) is 17.6 Å². The number of hydrogen-bond acceptors (Lipinski definition) is 4. The molecule has 0 saturated carbocycles. The quantitative estimate of drug-likeness (QED) is 0.396. The molecule has 0 aliphatic carbocycles. The molecule has 4 heterocycles. The minimum Gasteiger partial charge on any atom is -0.464 e. The first kappa shape index (κ1) is 20.4. The molecule has 1 aliphatic rings. The molecule has 1 atom stereocenters. The highest BCUT2D eigenvalue weighted by atomic mass is 16.3. The summed E-state index contributed by atoms with van der Waals surface area (Å²) in [6.45, 7) is 4.00. The molecule has 7 heteroatoms. The van der Waals surface area contributed by atoms with Crippen LogP contribution in [0, 0.1) is 13.8 Å². The fourth-order valence-corrected chi connectivity index (χ4v) is 5.17. The Morgan fingerprint density at radius 1 is 0.794 bits per heavy atom. The molecule has 0 fully saturated rings. The lowest BCUT2D eigenvalue weighted by Gasteiger charge is -2.39. The van der Waals surface area contributed by atoms with Gasteiger partial charge in [-0.25, -0.2) is 4.79 Å². The fourth-order valence-electron chi connectivity index (χ4n) is 5.17. The molecule has 0 N–H and O–H groups in total. The summed E-state index contributed by atoms with van der Waals surface area (Å²) in [5, 5.41) is 0.495. The molecule has 0 radical (unpaired) electrons. The number of hydrogen-bond donors (Lipinski definition) is 0. The van der Waals surface area contributed by atoms with Crippen molar-refractivity contribution in [3.8, 4) is 5.69 Å². The number of para-hydroxylation sites is 3. The molecule has 0 spiro atoms. The lowest BCUT2D eigenvalue weighted by atomic mass is 9.99. The standard InChI is InChI=1S/C27H24N4O3/c1-16-9-5-6-10-19(16)31-21-12-8-7-11-20(21)30-15-18-23(28(3)27(33)29(4)26(18)32)25(30)24(31)22-14-13-17(2)34-22/h5-15,24H,1-4H3. The van der Waals surface area contributed by atoms with Crippen LogP contribution in [0.2, 0.25) is 0 Å². The van der Waals surface area contributed by atoms with Crippen molar-refractivity contribution in [3.05, 3.63) is 110 Å². The van der Waals surface area contributed by atoms with Gasteiger partial charge in [-0.3, -0.25) is 13.9 Å². The summed E-state index contributed by atoms with van der Waals surface area (Å²) in [7, 11) is 3.23. The average Bonchev–Trinajstić information content (AvgIpc) is 3.45. The largest absolute Gasteiger partial charge is 0.464 e. The zero-order valence-corrected chi connectivity index (χ0v) is 19.4. The summed E-state index contributed by atoms with van der Waals surface area (Å²) in [6.07, 6.45) is 1.85. The van der Waals surface area contributed by atoms with E-state index in [1.165, 1.54) is 7.05 Å². The highest BCUT2D eigenvalue weighted by molar-refractivity contribution is 5.89. The van der Waals surface area contributed by atoms with E-state index in [9.17, 15) is 9.59 Å². The Hall–Kier alpha value is -4.26. The zero-order valence-electron chi connectivity index (χ0n) is 19.4. The maximum Gasteiger partial charge on any atom is 0.331 e. The van der Waals surface area contributed by atoms with Gasteiger partial charge in [0, 0.05) is 26.0 Å². The SMILES string of the molecule is Cc1ccc(C2c3c4c(cn3-c3ccccc3N2c2ccccc2C)c(=O)n(C)c(=O)n4C)o1. The summed E-state index contributed by atoms with van der Waals surface area (Å²) in [5.41, 5.74) is 4.83. The fraction of sp³-hybridized carbons (Fsp3) is 0.185. The summed E-state index contributed by atoms with van der Waals surface area (Å²) in [4.78, 5) is 28.4. The molecule has 1 aliphatic heterocycles. The van der Waals surface area contributed by atoms with Gasteiger partial charge in [-0.1, -0.05) is 30.3 Å². The highest BCUT2D eigenvalue weighted by Crippen LogP contribution is 2.49. The molecule has 34 heavy (non-hydrogen) atoms. The second kappa shape index (κ2) is 7.12. The minimum absolute atomic E-state index is 0.311. The normalized spacial score (nSPS) is 14.9. The van der Waals surface area contributed by atoms with Gasteiger partial charge in [0.25, 0.3) is 5.56 Å². The number of anilines is 2. The van der Waals surface area contributed by atoms with Crippen LogP contribution in [0.25, 0.3) is 16.6 Å². The minimum atomic E-state index is -0.389. The Morgan fingerprint density at radius 2 is 1.47 bits per heavy atom. The summed E-state index contributed by atoms with van der Waals surface area (Å²) in [6, 6.07) is 19.9. The van der Waals surface area contributed by atoms with E-state index in [0.29, 0.717) is 10.9 Å². The van der Waals surface area contributed by atoms with E-state index >= 15 is 0 Å². The topological polar surface area (TPSA) is 65.3 Å². The summed E-state index contributed by atoms with van der Waals surface area (Å²) in [5.74, 6) is 1.54. The van der Waals surface area contributed by atoms with E-state index in [1.54, 1.807) is 11.6 Å². The number of furan rings is 1. The van der Waals surface area contributed by atoms with Crippen molar-refractivity contribution in [1.29, 1.82) is 0 Å². The first-order valence-corrected chi connectivity index (χ1v) is 11.2. The summed E-state index contributed by atoms with van der Waals surface area (Å²) >= 11 is 0. The predicted octanol–water partition coefficient (Wildman–Crippen LogP) is 4.48. The van der Waals surface area contributed by atoms with Crippen LogP contribution in [-0.4, -0.2) is 13.7 Å². The van der Waals surface area contributed by atoms with Gasteiger partial charge in [-0.2, -0.15) is 0 Å². The van der Waals surface area contributed by atoms with E-state index < -0.39 is 0 Å². The number of nitrogens with zero attached hydrogens (tertiary/aromatic N) is 4. The van der Waals surface area contributed by atoms with Crippen LogP contribution in [0.3, 0.4) is 0 Å². The number of rotatable bonds is 2. The number of aryl methyl sites for hydroxylation is 3. The van der Waals surface area contributed by atoms with Gasteiger partial charge < -0.3 is 13.9 Å². The van der Waals surface area contributed by atoms with Crippen molar-refractivity contribution in [3.63, 3.8) is 0 Å². The Balaban J connectivity index is 1.82. The average molecular weight is 453 g/mol. The third kappa shape index (κ3) is 2.64. The van der Waals surface area contributed by atoms with Gasteiger partial charge in [-0.05, 0) is 49.7 Å². The van der Waals surface area contributed by atoms with E-state index in [1.807, 2.05) is 60.2 Å². The van der Waals surface area contributed by atoms with Crippen molar-refractivity contribution in [2.24, 2.45) is 14.1 Å². The zero-order chi connectivity index (χ0) is 23.7. The molecule has 1 unspecified atom stereocenters. The third-order valence-electron chi connectivity index (χ3n) is 6.78. The van der Waals surface area contributed by atoms with Crippen LogP contribution >= 0.6 is 0 Å².